The molecule has 42 heavy (non-hydrogen) atoms. The summed E-state index contributed by atoms with van der Waals surface area (Å²) in [5, 5.41) is 11.8. The van der Waals surface area contributed by atoms with E-state index in [2.05, 4.69) is 146 Å². The zero-order valence-electron chi connectivity index (χ0n) is 23.1. The van der Waals surface area contributed by atoms with Gasteiger partial charge in [0, 0.05) is 6.42 Å². The van der Waals surface area contributed by atoms with Gasteiger partial charge in [-0.05, 0) is 56.6 Å². The quantitative estimate of drug-likeness (QED) is 0.207. The van der Waals surface area contributed by atoms with Crippen molar-refractivity contribution in [2.45, 2.75) is 6.42 Å². The molecule has 1 aliphatic rings. The van der Waals surface area contributed by atoms with Crippen LogP contribution in [0.5, 0.6) is 0 Å². The van der Waals surface area contributed by atoms with Crippen LogP contribution in [-0.2, 0) is 0 Å². The molecule has 0 aliphatic carbocycles. The summed E-state index contributed by atoms with van der Waals surface area (Å²) < 4.78 is 0. The summed E-state index contributed by atoms with van der Waals surface area (Å²) in [7, 11) is 0. The Morgan fingerprint density at radius 2 is 0.595 bits per heavy atom. The molecule has 7 rings (SSSR count). The van der Waals surface area contributed by atoms with Crippen molar-refractivity contribution in [2.24, 2.45) is 10.2 Å². The summed E-state index contributed by atoms with van der Waals surface area (Å²) >= 11 is 0. The van der Waals surface area contributed by atoms with Crippen LogP contribution in [0.3, 0.4) is 0 Å². The van der Waals surface area contributed by atoms with E-state index >= 15 is 0 Å². The van der Waals surface area contributed by atoms with Gasteiger partial charge in [-0.15, -0.1) is 0 Å². The predicted octanol–water partition coefficient (Wildman–Crippen LogP) is 9.71. The highest BCUT2D eigenvalue weighted by Crippen LogP contribution is 2.28. The van der Waals surface area contributed by atoms with Crippen molar-refractivity contribution in [3.05, 3.63) is 175 Å². The monoisotopic (exact) mass is 539 g/mol. The molecule has 200 valence electrons. The molecule has 0 N–H and O–H groups in total. The van der Waals surface area contributed by atoms with E-state index < -0.39 is 0 Å². The van der Waals surface area contributed by atoms with Gasteiger partial charge in [-0.25, -0.2) is 0 Å². The topological polar surface area (TPSA) is 28.0 Å². The lowest BCUT2D eigenvalue weighted by atomic mass is 9.96. The Morgan fingerprint density at radius 1 is 0.310 bits per heavy atom. The minimum Gasteiger partial charge on any atom is -0.154 e. The Bertz CT molecular complexity index is 1740. The van der Waals surface area contributed by atoms with Crippen molar-refractivity contribution >= 4 is 17.1 Å². The van der Waals surface area contributed by atoms with Crippen LogP contribution < -0.4 is 5.12 Å². The second-order valence-electron chi connectivity index (χ2n) is 10.4. The van der Waals surface area contributed by atoms with Crippen molar-refractivity contribution in [3.63, 3.8) is 0 Å². The molecule has 0 unspecified atom stereocenters. The average Bonchev–Trinajstić information content (AvgIpc) is 3.09. The fraction of sp³-hybridized carbons (Fsp3) is 0.0256. The van der Waals surface area contributed by atoms with Gasteiger partial charge in [0.05, 0.1) is 17.1 Å². The van der Waals surface area contributed by atoms with Crippen LogP contribution in [-0.4, -0.2) is 11.4 Å². The van der Waals surface area contributed by atoms with E-state index in [1.165, 1.54) is 27.8 Å². The molecular formula is C39H29N3. The van der Waals surface area contributed by atoms with E-state index in [0.717, 1.165) is 33.8 Å². The normalized spacial score (nSPS) is 12.9. The van der Waals surface area contributed by atoms with Gasteiger partial charge in [0.2, 0.25) is 0 Å². The van der Waals surface area contributed by atoms with E-state index in [9.17, 15) is 0 Å². The first kappa shape index (κ1) is 25.4. The summed E-state index contributed by atoms with van der Waals surface area (Å²) in [5.41, 5.74) is 12.2. The summed E-state index contributed by atoms with van der Waals surface area (Å²) in [5.74, 6) is 0. The molecule has 1 aliphatic heterocycles. The van der Waals surface area contributed by atoms with Crippen LogP contribution in [0.2, 0.25) is 0 Å². The molecule has 0 saturated heterocycles. The van der Waals surface area contributed by atoms with Gasteiger partial charge in [-0.2, -0.15) is 15.3 Å². The first-order valence-electron chi connectivity index (χ1n) is 14.2. The fourth-order valence-electron chi connectivity index (χ4n) is 5.30. The van der Waals surface area contributed by atoms with E-state index in [1.54, 1.807) is 5.12 Å². The molecule has 1 heterocycles. The highest BCUT2D eigenvalue weighted by molar-refractivity contribution is 6.19. The number of rotatable bonds is 6. The van der Waals surface area contributed by atoms with Crippen molar-refractivity contribution in [1.29, 1.82) is 0 Å². The van der Waals surface area contributed by atoms with Crippen molar-refractivity contribution in [1.82, 2.24) is 0 Å². The van der Waals surface area contributed by atoms with Crippen LogP contribution in [0.15, 0.2) is 174 Å². The number of hydrazone groups is 2. The minimum atomic E-state index is 0.647. The fourth-order valence-corrected chi connectivity index (χ4v) is 5.30. The molecule has 3 nitrogen and oxygen atoms in total. The Balaban J connectivity index is 1.23. The third kappa shape index (κ3) is 5.41. The molecule has 0 radical (unpaired) electrons. The Morgan fingerprint density at radius 3 is 0.952 bits per heavy atom. The molecule has 0 atom stereocenters. The lowest BCUT2D eigenvalue weighted by Gasteiger charge is -2.23. The van der Waals surface area contributed by atoms with Gasteiger partial charge in [-0.1, -0.05) is 152 Å². The van der Waals surface area contributed by atoms with Gasteiger partial charge < -0.3 is 0 Å². The van der Waals surface area contributed by atoms with E-state index in [4.69, 9.17) is 10.2 Å². The highest BCUT2D eigenvalue weighted by atomic mass is 15.7. The van der Waals surface area contributed by atoms with Gasteiger partial charge in [0.15, 0.2) is 0 Å². The maximum Gasteiger partial charge on any atom is 0.0857 e. The second-order valence-corrected chi connectivity index (χ2v) is 10.4. The molecule has 0 aromatic heterocycles. The first-order chi connectivity index (χ1) is 20.8. The molecule has 6 aromatic rings. The summed E-state index contributed by atoms with van der Waals surface area (Å²) in [6, 6.07) is 57.1. The molecule has 0 fully saturated rings. The van der Waals surface area contributed by atoms with Crippen LogP contribution in [0.4, 0.5) is 5.69 Å². The summed E-state index contributed by atoms with van der Waals surface area (Å²) in [6.07, 6.45) is 0.647. The van der Waals surface area contributed by atoms with Gasteiger partial charge >= 0.3 is 0 Å². The minimum absolute atomic E-state index is 0.647. The zero-order chi connectivity index (χ0) is 28.1. The van der Waals surface area contributed by atoms with Crippen LogP contribution in [0, 0.1) is 0 Å². The lowest BCUT2D eigenvalue weighted by molar-refractivity contribution is 0.903. The van der Waals surface area contributed by atoms with Crippen molar-refractivity contribution < 1.29 is 0 Å². The molecule has 0 saturated carbocycles. The Labute approximate surface area is 246 Å². The second kappa shape index (κ2) is 11.5. The number of hydrogen-bond acceptors (Lipinski definition) is 3. The zero-order valence-corrected chi connectivity index (χ0v) is 23.1. The smallest absolute Gasteiger partial charge is 0.0857 e. The van der Waals surface area contributed by atoms with Crippen molar-refractivity contribution in [2.75, 3.05) is 5.12 Å². The van der Waals surface area contributed by atoms with Crippen LogP contribution in [0.1, 0.15) is 17.5 Å². The summed E-state index contributed by atoms with van der Waals surface area (Å²) in [4.78, 5) is 0. The standard InChI is InChI=1S/C39H29N3/c1-4-10-29(11-5-1)32-16-20-35(21-17-32)38-28-39(36-22-18-33(19-23-36)30-12-6-2-7-13-30)41-42(40-38)37-26-24-34(25-27-37)31-14-8-3-9-15-31/h1-27H,28H2. The van der Waals surface area contributed by atoms with Gasteiger partial charge in [0.25, 0.3) is 0 Å². The van der Waals surface area contributed by atoms with Crippen molar-refractivity contribution in [3.8, 4) is 33.4 Å². The molecule has 0 amide bonds. The average molecular weight is 540 g/mol. The molecular weight excluding hydrogens is 510 g/mol. The van der Waals surface area contributed by atoms with Gasteiger partial charge in [-0.3, -0.25) is 0 Å². The summed E-state index contributed by atoms with van der Waals surface area (Å²) in [6.45, 7) is 0. The highest BCUT2D eigenvalue weighted by Gasteiger charge is 2.20. The maximum absolute atomic E-state index is 5.03. The molecule has 0 bridgehead atoms. The molecule has 3 heteroatoms. The van der Waals surface area contributed by atoms with Gasteiger partial charge in [0.1, 0.15) is 0 Å². The largest absolute Gasteiger partial charge is 0.154 e. The molecule has 6 aromatic carbocycles. The predicted molar refractivity (Wildman–Crippen MR) is 176 cm³/mol. The number of hydrogen-bond donors (Lipinski definition) is 0. The number of nitrogens with zero attached hydrogens (tertiary/aromatic N) is 3. The van der Waals surface area contributed by atoms with E-state index in [0.29, 0.717) is 6.42 Å². The third-order valence-electron chi connectivity index (χ3n) is 7.62. The molecule has 0 spiro atoms. The van der Waals surface area contributed by atoms with E-state index in [1.807, 2.05) is 18.2 Å². The number of benzene rings is 6. The first-order valence-corrected chi connectivity index (χ1v) is 14.2. The maximum atomic E-state index is 5.03. The third-order valence-corrected chi connectivity index (χ3v) is 7.62. The lowest BCUT2D eigenvalue weighted by Crippen LogP contribution is -2.25. The number of anilines is 1. The SMILES string of the molecule is c1ccc(-c2ccc(C3=NN(c4ccc(-c5ccccc5)cc4)N=C(c4ccc(-c5ccccc5)cc4)C3)cc2)cc1. The Kier molecular flexibility index (Phi) is 6.97. The van der Waals surface area contributed by atoms with E-state index in [-0.39, 0.29) is 0 Å². The van der Waals surface area contributed by atoms with Crippen LogP contribution >= 0.6 is 0 Å². The van der Waals surface area contributed by atoms with Crippen LogP contribution in [0.25, 0.3) is 33.4 Å². The Hall–Kier alpha value is -5.54.